The number of nitrogens with two attached hydrogens (primary N) is 1. The Bertz CT molecular complexity index is 566. The number of methoxy groups -OCH3 is 1. The van der Waals surface area contributed by atoms with Crippen LogP contribution < -0.4 is 20.5 Å². The molecule has 0 aromatic heterocycles. The molecule has 1 aliphatic heterocycles. The lowest BCUT2D eigenvalue weighted by atomic mass is 9.92. The van der Waals surface area contributed by atoms with Gasteiger partial charge in [0, 0.05) is 19.8 Å². The first kappa shape index (κ1) is 21.8. The molecule has 1 aromatic carbocycles. The van der Waals surface area contributed by atoms with Gasteiger partial charge in [-0.05, 0) is 43.4 Å². The van der Waals surface area contributed by atoms with Gasteiger partial charge in [-0.3, -0.25) is 4.79 Å². The number of benzene rings is 1. The molecule has 1 amide bonds. The van der Waals surface area contributed by atoms with Crippen molar-refractivity contribution < 1.29 is 19.0 Å². The summed E-state index contributed by atoms with van der Waals surface area (Å²) in [5.41, 5.74) is 6.89. The van der Waals surface area contributed by atoms with E-state index in [9.17, 15) is 4.79 Å². The Morgan fingerprint density at radius 1 is 1.44 bits per heavy atom. The third-order valence-electron chi connectivity index (χ3n) is 4.12. The topological polar surface area (TPSA) is 82.8 Å². The largest absolute Gasteiger partial charge is 0.493 e. The van der Waals surface area contributed by atoms with Gasteiger partial charge >= 0.3 is 0 Å². The number of amides is 1. The summed E-state index contributed by atoms with van der Waals surface area (Å²) in [4.78, 5) is 12.3. The Balaban J connectivity index is 0.00000312. The maximum Gasteiger partial charge on any atom is 0.237 e. The normalized spacial score (nSPS) is 15.8. The third-order valence-corrected chi connectivity index (χ3v) is 4.40. The molecule has 6 nitrogen and oxygen atoms in total. The molecule has 0 saturated carbocycles. The minimum atomic E-state index is -0.519. The van der Waals surface area contributed by atoms with Crippen molar-refractivity contribution in [2.24, 2.45) is 11.7 Å². The molecule has 0 aliphatic carbocycles. The van der Waals surface area contributed by atoms with E-state index in [-0.39, 0.29) is 24.2 Å². The molecule has 1 heterocycles. The van der Waals surface area contributed by atoms with Crippen molar-refractivity contribution in [3.05, 3.63) is 22.7 Å². The van der Waals surface area contributed by atoms with Gasteiger partial charge in [-0.25, -0.2) is 0 Å². The van der Waals surface area contributed by atoms with Gasteiger partial charge in [0.15, 0.2) is 11.5 Å². The summed E-state index contributed by atoms with van der Waals surface area (Å²) in [5, 5.41) is 3.32. The zero-order valence-corrected chi connectivity index (χ0v) is 16.1. The molecule has 1 fully saturated rings. The average Bonchev–Trinajstić information content (AvgIpc) is 2.61. The lowest BCUT2D eigenvalue weighted by Gasteiger charge is -2.26. The van der Waals surface area contributed by atoms with Crippen LogP contribution in [0.5, 0.6) is 11.5 Å². The van der Waals surface area contributed by atoms with E-state index in [4.69, 9.17) is 31.5 Å². The number of carbonyl (C=O) groups excluding carboxylic acids is 1. The van der Waals surface area contributed by atoms with Crippen molar-refractivity contribution in [3.63, 3.8) is 0 Å². The zero-order chi connectivity index (χ0) is 17.5. The molecule has 1 aromatic rings. The molecule has 0 radical (unpaired) electrons. The zero-order valence-electron chi connectivity index (χ0n) is 14.5. The highest BCUT2D eigenvalue weighted by atomic mass is 35.5. The van der Waals surface area contributed by atoms with Crippen molar-refractivity contribution in [2.45, 2.75) is 32.4 Å². The van der Waals surface area contributed by atoms with Crippen LogP contribution in [0, 0.1) is 5.92 Å². The van der Waals surface area contributed by atoms with Gasteiger partial charge in [0.25, 0.3) is 0 Å². The van der Waals surface area contributed by atoms with E-state index in [2.05, 4.69) is 5.32 Å². The van der Waals surface area contributed by atoms with Gasteiger partial charge in [-0.15, -0.1) is 12.4 Å². The monoisotopic (exact) mass is 392 g/mol. The van der Waals surface area contributed by atoms with Gasteiger partial charge in [-0.1, -0.05) is 11.6 Å². The fourth-order valence-corrected chi connectivity index (χ4v) is 3.04. The average molecular weight is 393 g/mol. The molecule has 25 heavy (non-hydrogen) atoms. The number of ether oxygens (including phenoxy) is 3. The number of hydrogen-bond acceptors (Lipinski definition) is 5. The van der Waals surface area contributed by atoms with Crippen molar-refractivity contribution in [2.75, 3.05) is 26.9 Å². The van der Waals surface area contributed by atoms with Gasteiger partial charge < -0.3 is 25.3 Å². The Morgan fingerprint density at radius 2 is 2.12 bits per heavy atom. The van der Waals surface area contributed by atoms with Crippen LogP contribution in [-0.4, -0.2) is 38.9 Å². The van der Waals surface area contributed by atoms with Crippen molar-refractivity contribution >= 4 is 29.9 Å². The van der Waals surface area contributed by atoms with Crippen LogP contribution in [0.3, 0.4) is 0 Å². The van der Waals surface area contributed by atoms with E-state index < -0.39 is 6.04 Å². The standard InChI is InChI=1S/C17H25ClN2O4.ClH/c1-3-24-16-13(18)8-11(9-14(16)22-2)10-20-17(21)15(19)12-4-6-23-7-5-12;/h8-9,12,15H,3-7,10,19H2,1-2H3,(H,20,21);1H. The van der Waals surface area contributed by atoms with Gasteiger partial charge in [0.05, 0.1) is 24.8 Å². The molecule has 142 valence electrons. The van der Waals surface area contributed by atoms with Crippen LogP contribution in [0.4, 0.5) is 0 Å². The second-order valence-corrected chi connectivity index (χ2v) is 6.14. The minimum absolute atomic E-state index is 0. The fourth-order valence-electron chi connectivity index (χ4n) is 2.76. The smallest absolute Gasteiger partial charge is 0.237 e. The van der Waals surface area contributed by atoms with Crippen LogP contribution in [0.25, 0.3) is 0 Å². The molecular formula is C17H26Cl2N2O4. The molecular weight excluding hydrogens is 367 g/mol. The Morgan fingerprint density at radius 3 is 2.72 bits per heavy atom. The molecule has 1 unspecified atom stereocenters. The van der Waals surface area contributed by atoms with E-state index in [1.54, 1.807) is 19.2 Å². The number of rotatable bonds is 7. The summed E-state index contributed by atoms with van der Waals surface area (Å²) in [6.45, 7) is 4.03. The van der Waals surface area contributed by atoms with Crippen LogP contribution in [0.15, 0.2) is 12.1 Å². The number of halogens is 2. The lowest BCUT2D eigenvalue weighted by molar-refractivity contribution is -0.124. The number of hydrogen-bond donors (Lipinski definition) is 2. The quantitative estimate of drug-likeness (QED) is 0.744. The molecule has 1 saturated heterocycles. The highest BCUT2D eigenvalue weighted by Crippen LogP contribution is 2.36. The SMILES string of the molecule is CCOc1c(Cl)cc(CNC(=O)C(N)C2CCOCC2)cc1OC.Cl. The summed E-state index contributed by atoms with van der Waals surface area (Å²) >= 11 is 6.24. The predicted molar refractivity (Wildman–Crippen MR) is 99.8 cm³/mol. The van der Waals surface area contributed by atoms with Gasteiger partial charge in [0.2, 0.25) is 5.91 Å². The van der Waals surface area contributed by atoms with Crippen LogP contribution in [0.1, 0.15) is 25.3 Å². The second kappa shape index (κ2) is 10.7. The number of carbonyl (C=O) groups is 1. The summed E-state index contributed by atoms with van der Waals surface area (Å²) in [5.74, 6) is 1.06. The Kier molecular flexibility index (Phi) is 9.35. The first-order valence-electron chi connectivity index (χ1n) is 8.17. The van der Waals surface area contributed by atoms with E-state index >= 15 is 0 Å². The molecule has 3 N–H and O–H groups in total. The Labute approximate surface area is 159 Å². The second-order valence-electron chi connectivity index (χ2n) is 5.74. The molecule has 1 aliphatic rings. The highest BCUT2D eigenvalue weighted by molar-refractivity contribution is 6.32. The summed E-state index contributed by atoms with van der Waals surface area (Å²) < 4.78 is 16.1. The van der Waals surface area contributed by atoms with Crippen molar-refractivity contribution in [1.29, 1.82) is 0 Å². The van der Waals surface area contributed by atoms with E-state index in [1.165, 1.54) is 0 Å². The number of nitrogens with one attached hydrogen (secondary N) is 1. The maximum atomic E-state index is 12.3. The molecule has 8 heteroatoms. The molecule has 0 bridgehead atoms. The van der Waals surface area contributed by atoms with E-state index in [0.717, 1.165) is 18.4 Å². The van der Waals surface area contributed by atoms with Gasteiger partial charge in [-0.2, -0.15) is 0 Å². The summed E-state index contributed by atoms with van der Waals surface area (Å²) in [6.07, 6.45) is 1.63. The molecule has 2 rings (SSSR count). The summed E-state index contributed by atoms with van der Waals surface area (Å²) in [7, 11) is 1.55. The third kappa shape index (κ3) is 5.92. The first-order valence-corrected chi connectivity index (χ1v) is 8.54. The predicted octanol–water partition coefficient (Wildman–Crippen LogP) is 2.54. The van der Waals surface area contributed by atoms with E-state index in [0.29, 0.717) is 42.9 Å². The Hall–Kier alpha value is -1.21. The highest BCUT2D eigenvalue weighted by Gasteiger charge is 2.26. The molecule has 0 spiro atoms. The maximum absolute atomic E-state index is 12.3. The fraction of sp³-hybridized carbons (Fsp3) is 0.588. The van der Waals surface area contributed by atoms with Crippen LogP contribution >= 0.6 is 24.0 Å². The van der Waals surface area contributed by atoms with Crippen molar-refractivity contribution in [3.8, 4) is 11.5 Å². The van der Waals surface area contributed by atoms with Gasteiger partial charge in [0.1, 0.15) is 0 Å². The van der Waals surface area contributed by atoms with E-state index in [1.807, 2.05) is 6.92 Å². The molecule has 1 atom stereocenters. The summed E-state index contributed by atoms with van der Waals surface area (Å²) in [6, 6.07) is 3.04. The van der Waals surface area contributed by atoms with Crippen LogP contribution in [-0.2, 0) is 16.1 Å². The lowest BCUT2D eigenvalue weighted by Crippen LogP contribution is -2.46. The first-order chi connectivity index (χ1) is 11.6. The van der Waals surface area contributed by atoms with Crippen molar-refractivity contribution in [1.82, 2.24) is 5.32 Å². The van der Waals surface area contributed by atoms with Crippen LogP contribution in [0.2, 0.25) is 5.02 Å². The minimum Gasteiger partial charge on any atom is -0.493 e.